The number of thioether (sulfide) groups is 1. The minimum Gasteiger partial charge on any atom is -0.325 e. The predicted molar refractivity (Wildman–Crippen MR) is 91.7 cm³/mol. The average Bonchev–Trinajstić information content (AvgIpc) is 3.04. The lowest BCUT2D eigenvalue weighted by Crippen LogP contribution is -2.35. The van der Waals surface area contributed by atoms with Gasteiger partial charge in [0.1, 0.15) is 5.37 Å². The van der Waals surface area contributed by atoms with Crippen molar-refractivity contribution in [2.45, 2.75) is 51.1 Å². The topological polar surface area (TPSA) is 20.3 Å². The van der Waals surface area contributed by atoms with E-state index in [1.54, 1.807) is 22.7 Å². The van der Waals surface area contributed by atoms with E-state index in [1.165, 1.54) is 12.1 Å². The number of benzene rings is 1. The van der Waals surface area contributed by atoms with E-state index < -0.39 is 11.7 Å². The Labute approximate surface area is 145 Å². The Hall–Kier alpha value is -1.17. The van der Waals surface area contributed by atoms with Gasteiger partial charge in [-0.3, -0.25) is 4.79 Å². The number of rotatable bonds is 6. The molecule has 0 spiro atoms. The largest absolute Gasteiger partial charge is 0.416 e. The first-order chi connectivity index (χ1) is 11.4. The summed E-state index contributed by atoms with van der Waals surface area (Å²) in [7, 11) is 0. The van der Waals surface area contributed by atoms with Crippen LogP contribution in [-0.4, -0.2) is 23.1 Å². The van der Waals surface area contributed by atoms with E-state index in [0.29, 0.717) is 12.1 Å². The number of halogens is 3. The third-order valence-electron chi connectivity index (χ3n) is 4.42. The molecule has 1 heterocycles. The number of alkyl halides is 3. The number of amides is 1. The standard InChI is InChI=1S/C18H24F3NOS/c1-3-5-7-13(4-2)16(23)22-10-11-24-17(22)14-8-6-9-15(12-14)18(19,20)21/h6,8-9,12-13,17H,3-5,7,10-11H2,1-2H3/t13-,17+/m1/s1. The molecule has 1 amide bonds. The fraction of sp³-hybridized carbons (Fsp3) is 0.611. The molecule has 0 radical (unpaired) electrons. The smallest absolute Gasteiger partial charge is 0.325 e. The first kappa shape index (κ1) is 19.2. The van der Waals surface area contributed by atoms with Gasteiger partial charge in [-0.15, -0.1) is 11.8 Å². The van der Waals surface area contributed by atoms with Crippen molar-refractivity contribution in [3.8, 4) is 0 Å². The molecular weight excluding hydrogens is 335 g/mol. The molecule has 0 bridgehead atoms. The third-order valence-corrected chi connectivity index (χ3v) is 5.68. The summed E-state index contributed by atoms with van der Waals surface area (Å²) in [5, 5.41) is -0.310. The molecule has 6 heteroatoms. The Morgan fingerprint density at radius 3 is 2.75 bits per heavy atom. The van der Waals surface area contributed by atoms with Crippen molar-refractivity contribution in [3.63, 3.8) is 0 Å². The molecule has 2 rings (SSSR count). The van der Waals surface area contributed by atoms with Gasteiger partial charge in [-0.05, 0) is 30.5 Å². The summed E-state index contributed by atoms with van der Waals surface area (Å²) in [5.41, 5.74) is -0.0936. The van der Waals surface area contributed by atoms with Crippen molar-refractivity contribution in [2.75, 3.05) is 12.3 Å². The molecule has 1 aliphatic heterocycles. The molecule has 2 atom stereocenters. The molecule has 0 unspecified atom stereocenters. The van der Waals surface area contributed by atoms with Crippen molar-refractivity contribution < 1.29 is 18.0 Å². The zero-order valence-corrected chi connectivity index (χ0v) is 14.9. The summed E-state index contributed by atoms with van der Waals surface area (Å²) in [5.74, 6) is 0.812. The van der Waals surface area contributed by atoms with Crippen LogP contribution in [0.4, 0.5) is 13.2 Å². The summed E-state index contributed by atoms with van der Waals surface area (Å²) < 4.78 is 38.8. The Balaban J connectivity index is 2.19. The fourth-order valence-electron chi connectivity index (χ4n) is 3.03. The SMILES string of the molecule is CCCC[C@@H](CC)C(=O)N1CCS[C@H]1c1cccc(C(F)(F)F)c1. The number of unbranched alkanes of at least 4 members (excludes halogenated alkanes) is 1. The van der Waals surface area contributed by atoms with E-state index in [2.05, 4.69) is 6.92 Å². The Morgan fingerprint density at radius 1 is 1.38 bits per heavy atom. The van der Waals surface area contributed by atoms with Gasteiger partial charge in [0.05, 0.1) is 5.56 Å². The first-order valence-corrected chi connectivity index (χ1v) is 9.52. The molecule has 1 aromatic rings. The molecule has 0 aromatic heterocycles. The second-order valence-corrected chi connectivity index (χ2v) is 7.31. The molecule has 1 fully saturated rings. The second-order valence-electron chi connectivity index (χ2n) is 6.13. The fourth-order valence-corrected chi connectivity index (χ4v) is 4.28. The molecule has 1 aromatic carbocycles. The lowest BCUT2D eigenvalue weighted by molar-refractivity contribution is -0.137. The summed E-state index contributed by atoms with van der Waals surface area (Å²) in [4.78, 5) is 14.6. The van der Waals surface area contributed by atoms with Gasteiger partial charge in [0.15, 0.2) is 0 Å². The average molecular weight is 359 g/mol. The molecule has 0 saturated carbocycles. The quantitative estimate of drug-likeness (QED) is 0.669. The number of carbonyl (C=O) groups is 1. The van der Waals surface area contributed by atoms with Gasteiger partial charge < -0.3 is 4.90 Å². The number of carbonyl (C=O) groups excluding carboxylic acids is 1. The van der Waals surface area contributed by atoms with Crippen molar-refractivity contribution in [1.29, 1.82) is 0 Å². The maximum atomic E-state index is 12.9. The van der Waals surface area contributed by atoms with E-state index in [4.69, 9.17) is 0 Å². The van der Waals surface area contributed by atoms with Crippen molar-refractivity contribution in [3.05, 3.63) is 35.4 Å². The van der Waals surface area contributed by atoms with Crippen LogP contribution in [0, 0.1) is 5.92 Å². The molecule has 134 valence electrons. The number of nitrogens with zero attached hydrogens (tertiary/aromatic N) is 1. The van der Waals surface area contributed by atoms with Crippen LogP contribution in [0.2, 0.25) is 0 Å². The minimum atomic E-state index is -4.36. The van der Waals surface area contributed by atoms with Gasteiger partial charge in [-0.2, -0.15) is 13.2 Å². The van der Waals surface area contributed by atoms with E-state index in [0.717, 1.165) is 37.5 Å². The Morgan fingerprint density at radius 2 is 2.12 bits per heavy atom. The van der Waals surface area contributed by atoms with Gasteiger partial charge in [0, 0.05) is 18.2 Å². The maximum Gasteiger partial charge on any atom is 0.416 e. The van der Waals surface area contributed by atoms with Crippen LogP contribution < -0.4 is 0 Å². The molecule has 2 nitrogen and oxygen atoms in total. The lowest BCUT2D eigenvalue weighted by atomic mass is 9.97. The first-order valence-electron chi connectivity index (χ1n) is 8.47. The van der Waals surface area contributed by atoms with Crippen LogP contribution in [0.15, 0.2) is 24.3 Å². The molecule has 1 aliphatic rings. The van der Waals surface area contributed by atoms with Crippen molar-refractivity contribution in [1.82, 2.24) is 4.90 Å². The number of hydrogen-bond donors (Lipinski definition) is 0. The highest BCUT2D eigenvalue weighted by atomic mass is 32.2. The van der Waals surface area contributed by atoms with Gasteiger partial charge in [-0.25, -0.2) is 0 Å². The lowest BCUT2D eigenvalue weighted by Gasteiger charge is -2.28. The third kappa shape index (κ3) is 4.47. The number of hydrogen-bond acceptors (Lipinski definition) is 2. The van der Waals surface area contributed by atoms with E-state index in [-0.39, 0.29) is 17.2 Å². The zero-order valence-electron chi connectivity index (χ0n) is 14.1. The van der Waals surface area contributed by atoms with Gasteiger partial charge in [0.2, 0.25) is 5.91 Å². The van der Waals surface area contributed by atoms with Crippen LogP contribution in [0.25, 0.3) is 0 Å². The van der Waals surface area contributed by atoms with Crippen LogP contribution in [0.1, 0.15) is 56.0 Å². The molecule has 0 aliphatic carbocycles. The predicted octanol–water partition coefficient (Wildman–Crippen LogP) is 5.50. The second kappa shape index (κ2) is 8.28. The van der Waals surface area contributed by atoms with Crippen LogP contribution in [0.5, 0.6) is 0 Å². The van der Waals surface area contributed by atoms with Crippen LogP contribution in [0.3, 0.4) is 0 Å². The van der Waals surface area contributed by atoms with E-state index in [9.17, 15) is 18.0 Å². The molecule has 0 N–H and O–H groups in total. The van der Waals surface area contributed by atoms with Crippen molar-refractivity contribution in [2.24, 2.45) is 5.92 Å². The highest BCUT2D eigenvalue weighted by Crippen LogP contribution is 2.41. The summed E-state index contributed by atoms with van der Waals surface area (Å²) in [6.45, 7) is 4.70. The van der Waals surface area contributed by atoms with Gasteiger partial charge in [0.25, 0.3) is 0 Å². The molecular formula is C18H24F3NOS. The normalized spacial score (nSPS) is 19.5. The Bertz CT molecular complexity index is 561. The summed E-state index contributed by atoms with van der Waals surface area (Å²) in [6, 6.07) is 5.36. The summed E-state index contributed by atoms with van der Waals surface area (Å²) >= 11 is 1.54. The zero-order chi connectivity index (χ0) is 17.7. The van der Waals surface area contributed by atoms with Gasteiger partial charge >= 0.3 is 6.18 Å². The highest BCUT2D eigenvalue weighted by molar-refractivity contribution is 7.99. The van der Waals surface area contributed by atoms with Gasteiger partial charge in [-0.1, -0.05) is 38.8 Å². The van der Waals surface area contributed by atoms with Crippen LogP contribution in [-0.2, 0) is 11.0 Å². The maximum absolute atomic E-state index is 12.9. The Kier molecular flexibility index (Phi) is 6.61. The monoisotopic (exact) mass is 359 g/mol. The van der Waals surface area contributed by atoms with E-state index >= 15 is 0 Å². The van der Waals surface area contributed by atoms with Crippen LogP contribution >= 0.6 is 11.8 Å². The molecule has 24 heavy (non-hydrogen) atoms. The molecule has 1 saturated heterocycles. The van der Waals surface area contributed by atoms with Crippen molar-refractivity contribution >= 4 is 17.7 Å². The minimum absolute atomic E-state index is 0.0306. The van der Waals surface area contributed by atoms with E-state index in [1.807, 2.05) is 6.92 Å². The highest BCUT2D eigenvalue weighted by Gasteiger charge is 2.36. The summed E-state index contributed by atoms with van der Waals surface area (Å²) in [6.07, 6.45) is -0.701.